The number of rotatable bonds is 13. The minimum Gasteiger partial charge on any atom is -0.410 e. The van der Waals surface area contributed by atoms with Gasteiger partial charge in [-0.3, -0.25) is 0 Å². The van der Waals surface area contributed by atoms with Crippen LogP contribution in [0.4, 0.5) is 9.59 Å². The quantitative estimate of drug-likeness (QED) is 0.121. The van der Waals surface area contributed by atoms with Crippen LogP contribution in [-0.2, 0) is 21.7 Å². The van der Waals surface area contributed by atoms with Gasteiger partial charge in [0.05, 0.1) is 0 Å². The zero-order chi connectivity index (χ0) is 47.5. The molecule has 0 bridgehead atoms. The van der Waals surface area contributed by atoms with Crippen LogP contribution in [0.5, 0.6) is 11.5 Å². The van der Waals surface area contributed by atoms with E-state index in [2.05, 4.69) is 184 Å². The molecule has 2 N–H and O–H groups in total. The molecule has 6 aromatic carbocycles. The summed E-state index contributed by atoms with van der Waals surface area (Å²) in [6.45, 7) is 24.7. The maximum Gasteiger partial charge on any atom is 0.412 e. The molecule has 1 saturated carbocycles. The Hall–Kier alpha value is -6.14. The molecule has 344 valence electrons. The molecule has 0 aromatic heterocycles. The third-order valence-corrected chi connectivity index (χ3v) is 14.6. The number of hydrogen-bond acceptors (Lipinski definition) is 4. The van der Waals surface area contributed by atoms with Gasteiger partial charge in [0.2, 0.25) is 0 Å². The lowest BCUT2D eigenvalue weighted by atomic mass is 9.62. The number of amides is 2. The van der Waals surface area contributed by atoms with Crippen molar-refractivity contribution in [3.8, 4) is 11.5 Å². The van der Waals surface area contributed by atoms with Gasteiger partial charge in [0.1, 0.15) is 11.5 Å². The monoisotopic (exact) mass is 883 g/mol. The van der Waals surface area contributed by atoms with Crippen molar-refractivity contribution in [3.63, 3.8) is 0 Å². The lowest BCUT2D eigenvalue weighted by Crippen LogP contribution is -2.51. The molecule has 66 heavy (non-hydrogen) atoms. The Morgan fingerprint density at radius 1 is 0.485 bits per heavy atom. The van der Waals surface area contributed by atoms with E-state index in [1.807, 2.05) is 60.7 Å². The number of benzene rings is 6. The second kappa shape index (κ2) is 18.6. The SMILES string of the molecule is CC1(C)CC(NC(=O)Oc2ccc(C(C)(C)c3ccccc3)cc2C(C)(C)c2ccccc2)CC(C)(CNC(=O)Oc2ccc(C(C)(C)c3ccccc3)cc2C(C)(C)c2ccccc2)C1. The summed E-state index contributed by atoms with van der Waals surface area (Å²) in [5, 5.41) is 6.40. The van der Waals surface area contributed by atoms with Crippen LogP contribution in [0.3, 0.4) is 0 Å². The maximum atomic E-state index is 14.0. The highest BCUT2D eigenvalue weighted by molar-refractivity contribution is 5.73. The molecule has 0 radical (unpaired) electrons. The second-order valence-electron chi connectivity index (χ2n) is 21.9. The highest BCUT2D eigenvalue weighted by atomic mass is 16.6. The topological polar surface area (TPSA) is 76.7 Å². The summed E-state index contributed by atoms with van der Waals surface area (Å²) in [7, 11) is 0. The van der Waals surface area contributed by atoms with E-state index < -0.39 is 23.0 Å². The van der Waals surface area contributed by atoms with Gasteiger partial charge in [-0.15, -0.1) is 0 Å². The van der Waals surface area contributed by atoms with Crippen LogP contribution in [0, 0.1) is 10.8 Å². The van der Waals surface area contributed by atoms with Crippen LogP contribution in [0.1, 0.15) is 140 Å². The largest absolute Gasteiger partial charge is 0.412 e. The number of hydrogen-bond donors (Lipinski definition) is 2. The van der Waals surface area contributed by atoms with Gasteiger partial charge in [0, 0.05) is 45.4 Å². The van der Waals surface area contributed by atoms with Crippen molar-refractivity contribution in [2.45, 2.75) is 123 Å². The third kappa shape index (κ3) is 10.4. The molecule has 6 aromatic rings. The molecule has 2 atom stereocenters. The Kier molecular flexibility index (Phi) is 13.5. The minimum atomic E-state index is -0.504. The summed E-state index contributed by atoms with van der Waals surface area (Å²) < 4.78 is 12.6. The van der Waals surface area contributed by atoms with Crippen molar-refractivity contribution < 1.29 is 19.1 Å². The van der Waals surface area contributed by atoms with Crippen molar-refractivity contribution in [3.05, 3.63) is 202 Å². The molecule has 1 fully saturated rings. The standard InChI is InChI=1S/C60H70N2O4/c1-55(2)38-48(62-54(64)66-52-35-33-47(57(5,6)43-26-18-13-19-27-43)37-50(52)59(9,10)45-30-22-15-23-31-45)39-60(11,40-55)41-61-53(63)65-51-34-32-46(56(3,4)42-24-16-12-17-25-42)36-49(51)58(7,8)44-28-20-14-21-29-44/h12-37,48H,38-41H2,1-11H3,(H,61,63)(H,62,64). The molecule has 0 saturated heterocycles. The van der Waals surface area contributed by atoms with E-state index >= 15 is 0 Å². The van der Waals surface area contributed by atoms with Gasteiger partial charge in [-0.2, -0.15) is 0 Å². The fourth-order valence-electron chi connectivity index (χ4n) is 10.6. The fourth-order valence-corrected chi connectivity index (χ4v) is 10.6. The lowest BCUT2D eigenvalue weighted by Gasteiger charge is -2.46. The van der Waals surface area contributed by atoms with Crippen LogP contribution in [0.25, 0.3) is 0 Å². The summed E-state index contributed by atoms with van der Waals surface area (Å²) in [5.74, 6) is 1.06. The van der Waals surface area contributed by atoms with Crippen LogP contribution < -0.4 is 20.1 Å². The summed E-state index contributed by atoms with van der Waals surface area (Å²) >= 11 is 0. The Bertz CT molecular complexity index is 2620. The van der Waals surface area contributed by atoms with E-state index in [-0.39, 0.29) is 27.7 Å². The van der Waals surface area contributed by atoms with Crippen molar-refractivity contribution in [2.24, 2.45) is 10.8 Å². The zero-order valence-corrected chi connectivity index (χ0v) is 41.0. The Labute approximate surface area is 394 Å². The molecule has 7 rings (SSSR count). The highest BCUT2D eigenvalue weighted by Crippen LogP contribution is 2.47. The molecule has 2 unspecified atom stereocenters. The fraction of sp³-hybridized carbons (Fsp3) is 0.367. The van der Waals surface area contributed by atoms with Gasteiger partial charge in [0.25, 0.3) is 0 Å². The first-order chi connectivity index (χ1) is 31.1. The van der Waals surface area contributed by atoms with Gasteiger partial charge in [-0.05, 0) is 75.6 Å². The van der Waals surface area contributed by atoms with E-state index in [1.54, 1.807) is 0 Å². The number of carbonyl (C=O) groups is 2. The van der Waals surface area contributed by atoms with Gasteiger partial charge in [-0.25, -0.2) is 9.59 Å². The van der Waals surface area contributed by atoms with Gasteiger partial charge in [-0.1, -0.05) is 222 Å². The van der Waals surface area contributed by atoms with Crippen molar-refractivity contribution in [1.82, 2.24) is 10.6 Å². The first-order valence-electron chi connectivity index (χ1n) is 23.6. The normalized spacial score (nSPS) is 17.7. The molecule has 0 spiro atoms. The molecule has 6 nitrogen and oxygen atoms in total. The molecular formula is C60H70N2O4. The smallest absolute Gasteiger partial charge is 0.410 e. The first kappa shape index (κ1) is 47.8. The van der Waals surface area contributed by atoms with Crippen LogP contribution >= 0.6 is 0 Å². The van der Waals surface area contributed by atoms with Crippen molar-refractivity contribution in [1.29, 1.82) is 0 Å². The van der Waals surface area contributed by atoms with Crippen LogP contribution in [0.2, 0.25) is 0 Å². The first-order valence-corrected chi connectivity index (χ1v) is 23.6. The van der Waals surface area contributed by atoms with Crippen molar-refractivity contribution >= 4 is 12.2 Å². The Balaban J connectivity index is 1.08. The number of nitrogens with one attached hydrogen (secondary N) is 2. The molecule has 0 heterocycles. The lowest BCUT2D eigenvalue weighted by molar-refractivity contribution is 0.0701. The van der Waals surface area contributed by atoms with Gasteiger partial charge < -0.3 is 20.1 Å². The molecular weight excluding hydrogens is 813 g/mol. The summed E-state index contributed by atoms with van der Waals surface area (Å²) in [5.41, 5.74) is 6.85. The summed E-state index contributed by atoms with van der Waals surface area (Å²) in [4.78, 5) is 27.9. The minimum absolute atomic E-state index is 0.115. The Morgan fingerprint density at radius 2 is 0.848 bits per heavy atom. The predicted molar refractivity (Wildman–Crippen MR) is 270 cm³/mol. The van der Waals surface area contributed by atoms with E-state index in [0.717, 1.165) is 46.2 Å². The molecule has 6 heteroatoms. The second-order valence-corrected chi connectivity index (χ2v) is 21.9. The average Bonchev–Trinajstić information content (AvgIpc) is 3.29. The van der Waals surface area contributed by atoms with E-state index in [9.17, 15) is 9.59 Å². The molecule has 0 aliphatic heterocycles. The molecule has 1 aliphatic rings. The Morgan fingerprint density at radius 3 is 1.24 bits per heavy atom. The number of ether oxygens (including phenoxy) is 2. The van der Waals surface area contributed by atoms with Crippen molar-refractivity contribution in [2.75, 3.05) is 6.54 Å². The molecule has 1 aliphatic carbocycles. The maximum absolute atomic E-state index is 14.0. The third-order valence-electron chi connectivity index (χ3n) is 14.6. The van der Waals surface area contributed by atoms with Gasteiger partial charge >= 0.3 is 12.2 Å². The van der Waals surface area contributed by atoms with E-state index in [0.29, 0.717) is 24.5 Å². The van der Waals surface area contributed by atoms with Gasteiger partial charge in [0.15, 0.2) is 0 Å². The average molecular weight is 883 g/mol. The van der Waals surface area contributed by atoms with E-state index in [1.165, 1.54) is 11.1 Å². The molecule has 2 amide bonds. The summed E-state index contributed by atoms with van der Waals surface area (Å²) in [6.07, 6.45) is 1.31. The highest BCUT2D eigenvalue weighted by Gasteiger charge is 2.43. The van der Waals surface area contributed by atoms with E-state index in [4.69, 9.17) is 9.47 Å². The zero-order valence-electron chi connectivity index (χ0n) is 41.0. The van der Waals surface area contributed by atoms with Crippen LogP contribution in [0.15, 0.2) is 158 Å². The predicted octanol–water partition coefficient (Wildman–Crippen LogP) is 14.5. The van der Waals surface area contributed by atoms with Crippen LogP contribution in [-0.4, -0.2) is 24.8 Å². The number of carbonyl (C=O) groups excluding carboxylic acids is 2. The summed E-state index contributed by atoms with van der Waals surface area (Å²) in [6, 6.07) is 54.0.